The molecule has 0 aromatic carbocycles. The van der Waals surface area contributed by atoms with Crippen LogP contribution in [0.3, 0.4) is 0 Å². The van der Waals surface area contributed by atoms with Gasteiger partial charge < -0.3 is 10.1 Å². The van der Waals surface area contributed by atoms with Crippen LogP contribution in [0.2, 0.25) is 5.02 Å². The molecule has 1 N–H and O–H groups in total. The number of esters is 1. The van der Waals surface area contributed by atoms with E-state index in [4.69, 9.17) is 16.3 Å². The number of rotatable bonds is 4. The third-order valence-electron chi connectivity index (χ3n) is 2.96. The van der Waals surface area contributed by atoms with Crippen LogP contribution in [0.5, 0.6) is 0 Å². The Morgan fingerprint density at radius 2 is 2.04 bits per heavy atom. The lowest BCUT2D eigenvalue weighted by Crippen LogP contribution is -2.30. The van der Waals surface area contributed by atoms with Crippen molar-refractivity contribution in [2.24, 2.45) is 0 Å². The zero-order chi connectivity index (χ0) is 18.6. The van der Waals surface area contributed by atoms with Gasteiger partial charge in [0.05, 0.1) is 16.1 Å². The number of nitrogens with zero attached hydrogens (tertiary/aromatic N) is 2. The van der Waals surface area contributed by atoms with Gasteiger partial charge in [0, 0.05) is 18.6 Å². The number of carbonyl (C=O) groups is 2. The highest BCUT2D eigenvalue weighted by atomic mass is 35.5. The summed E-state index contributed by atoms with van der Waals surface area (Å²) in [6.45, 7) is 1.29. The van der Waals surface area contributed by atoms with Crippen LogP contribution in [0, 0.1) is 0 Å². The van der Waals surface area contributed by atoms with Gasteiger partial charge in [0.15, 0.2) is 11.9 Å². The highest BCUT2D eigenvalue weighted by Crippen LogP contribution is 2.32. The summed E-state index contributed by atoms with van der Waals surface area (Å²) >= 11 is 5.69. The number of aromatic nitrogens is 2. The fourth-order valence-corrected chi connectivity index (χ4v) is 1.88. The lowest BCUT2D eigenvalue weighted by molar-refractivity contribution is -0.137. The van der Waals surface area contributed by atoms with Crippen molar-refractivity contribution in [2.75, 3.05) is 5.32 Å². The number of alkyl halides is 3. The predicted molar refractivity (Wildman–Crippen MR) is 82.0 cm³/mol. The molecule has 2 heterocycles. The summed E-state index contributed by atoms with van der Waals surface area (Å²) in [6, 6.07) is 3.61. The van der Waals surface area contributed by atoms with Crippen LogP contribution < -0.4 is 5.32 Å². The van der Waals surface area contributed by atoms with E-state index in [-0.39, 0.29) is 11.4 Å². The van der Waals surface area contributed by atoms with Gasteiger partial charge in [-0.3, -0.25) is 9.78 Å². The second kappa shape index (κ2) is 7.47. The maximum Gasteiger partial charge on any atom is 0.417 e. The summed E-state index contributed by atoms with van der Waals surface area (Å²) < 4.78 is 42.6. The van der Waals surface area contributed by atoms with E-state index in [9.17, 15) is 22.8 Å². The lowest BCUT2D eigenvalue weighted by atomic mass is 10.2. The predicted octanol–water partition coefficient (Wildman–Crippen LogP) is 3.33. The minimum atomic E-state index is -4.61. The van der Waals surface area contributed by atoms with Gasteiger partial charge >= 0.3 is 12.1 Å². The highest BCUT2D eigenvalue weighted by molar-refractivity contribution is 6.33. The number of carbonyl (C=O) groups excluding carboxylic acids is 2. The summed E-state index contributed by atoms with van der Waals surface area (Å²) in [7, 11) is 0. The summed E-state index contributed by atoms with van der Waals surface area (Å²) in [5.41, 5.74) is -0.903. The SMILES string of the molecule is C[C@@H](OC(=O)c1cccnc1)C(=O)Nc1ncc(C(F)(F)F)cc1Cl. The van der Waals surface area contributed by atoms with Crippen molar-refractivity contribution in [3.8, 4) is 0 Å². The van der Waals surface area contributed by atoms with E-state index < -0.39 is 34.7 Å². The standard InChI is InChI=1S/C15H11ClF3N3O3/c1-8(25-14(24)9-3-2-4-20-6-9)13(23)22-12-11(16)5-10(7-21-12)15(17,18)19/h2-8H,1H3,(H,21,22,23)/t8-/m1/s1. The van der Waals surface area contributed by atoms with Crippen molar-refractivity contribution in [1.29, 1.82) is 0 Å². The van der Waals surface area contributed by atoms with E-state index in [1.165, 1.54) is 31.5 Å². The summed E-state index contributed by atoms with van der Waals surface area (Å²) in [5.74, 6) is -1.85. The van der Waals surface area contributed by atoms with Gasteiger partial charge in [-0.2, -0.15) is 13.2 Å². The number of hydrogen-bond acceptors (Lipinski definition) is 5. The third-order valence-corrected chi connectivity index (χ3v) is 3.25. The minimum absolute atomic E-state index is 0.146. The van der Waals surface area contributed by atoms with Gasteiger partial charge in [-0.25, -0.2) is 9.78 Å². The molecule has 0 spiro atoms. The molecule has 2 aromatic rings. The Morgan fingerprint density at radius 1 is 1.32 bits per heavy atom. The quantitative estimate of drug-likeness (QED) is 0.831. The molecule has 2 rings (SSSR count). The molecule has 0 saturated carbocycles. The molecule has 1 amide bonds. The van der Waals surface area contributed by atoms with Crippen molar-refractivity contribution in [3.05, 3.63) is 52.9 Å². The van der Waals surface area contributed by atoms with Crippen LogP contribution >= 0.6 is 11.6 Å². The fraction of sp³-hybridized carbons (Fsp3) is 0.200. The second-order valence-corrected chi connectivity index (χ2v) is 5.24. The van der Waals surface area contributed by atoms with E-state index in [0.717, 1.165) is 0 Å². The second-order valence-electron chi connectivity index (χ2n) is 4.83. The number of hydrogen-bond donors (Lipinski definition) is 1. The molecule has 6 nitrogen and oxygen atoms in total. The van der Waals surface area contributed by atoms with Crippen molar-refractivity contribution in [3.63, 3.8) is 0 Å². The lowest BCUT2D eigenvalue weighted by Gasteiger charge is -2.14. The van der Waals surface area contributed by atoms with Gasteiger partial charge in [-0.05, 0) is 25.1 Å². The molecule has 0 aliphatic heterocycles. The van der Waals surface area contributed by atoms with Crippen LogP contribution in [-0.2, 0) is 15.7 Å². The normalized spacial score (nSPS) is 12.4. The molecule has 1 atom stereocenters. The van der Waals surface area contributed by atoms with Gasteiger partial charge in [0.25, 0.3) is 5.91 Å². The van der Waals surface area contributed by atoms with E-state index in [2.05, 4.69) is 15.3 Å². The maximum atomic E-state index is 12.5. The van der Waals surface area contributed by atoms with E-state index in [1.807, 2.05) is 0 Å². The Bertz CT molecular complexity index is 785. The molecule has 0 aliphatic rings. The minimum Gasteiger partial charge on any atom is -0.449 e. The Morgan fingerprint density at radius 3 is 2.60 bits per heavy atom. The average Bonchev–Trinajstić information content (AvgIpc) is 2.56. The first-order chi connectivity index (χ1) is 11.7. The van der Waals surface area contributed by atoms with E-state index >= 15 is 0 Å². The first-order valence-electron chi connectivity index (χ1n) is 6.83. The topological polar surface area (TPSA) is 81.2 Å². The number of nitrogens with one attached hydrogen (secondary N) is 1. The molecule has 25 heavy (non-hydrogen) atoms. The molecule has 0 saturated heterocycles. The van der Waals surface area contributed by atoms with Crippen LogP contribution in [0.1, 0.15) is 22.8 Å². The van der Waals surface area contributed by atoms with Crippen LogP contribution in [0.25, 0.3) is 0 Å². The molecule has 0 radical (unpaired) electrons. The van der Waals surface area contributed by atoms with Crippen LogP contribution in [0.15, 0.2) is 36.8 Å². The van der Waals surface area contributed by atoms with Crippen LogP contribution in [-0.4, -0.2) is 27.9 Å². The fourth-order valence-electron chi connectivity index (χ4n) is 1.67. The smallest absolute Gasteiger partial charge is 0.417 e. The Balaban J connectivity index is 2.03. The van der Waals surface area contributed by atoms with Gasteiger partial charge in [-0.1, -0.05) is 11.6 Å². The summed E-state index contributed by atoms with van der Waals surface area (Å²) in [5, 5.41) is 1.81. The number of ether oxygens (including phenoxy) is 1. The maximum absolute atomic E-state index is 12.5. The van der Waals surface area contributed by atoms with Crippen molar-refractivity contribution in [2.45, 2.75) is 19.2 Å². The monoisotopic (exact) mass is 373 g/mol. The zero-order valence-corrected chi connectivity index (χ0v) is 13.4. The number of anilines is 1. The number of pyridine rings is 2. The Labute approximate surface area is 145 Å². The van der Waals surface area contributed by atoms with Gasteiger partial charge in [0.2, 0.25) is 0 Å². The number of amides is 1. The average molecular weight is 374 g/mol. The summed E-state index contributed by atoms with van der Waals surface area (Å²) in [6.07, 6.45) is -2.57. The van der Waals surface area contributed by atoms with E-state index in [1.54, 1.807) is 0 Å². The number of halogens is 4. The largest absolute Gasteiger partial charge is 0.449 e. The molecule has 0 fully saturated rings. The van der Waals surface area contributed by atoms with Crippen molar-refractivity contribution < 1.29 is 27.5 Å². The third kappa shape index (κ3) is 4.90. The molecular formula is C15H11ClF3N3O3. The van der Waals surface area contributed by atoms with Gasteiger partial charge in [-0.15, -0.1) is 0 Å². The van der Waals surface area contributed by atoms with Crippen LogP contribution in [0.4, 0.5) is 19.0 Å². The molecule has 0 bridgehead atoms. The molecule has 0 aliphatic carbocycles. The zero-order valence-electron chi connectivity index (χ0n) is 12.7. The van der Waals surface area contributed by atoms with Crippen molar-refractivity contribution in [1.82, 2.24) is 9.97 Å². The Kier molecular flexibility index (Phi) is 5.58. The molecular weight excluding hydrogens is 363 g/mol. The van der Waals surface area contributed by atoms with Gasteiger partial charge in [0.1, 0.15) is 0 Å². The summed E-state index contributed by atoms with van der Waals surface area (Å²) in [4.78, 5) is 31.0. The molecule has 0 unspecified atom stereocenters. The highest BCUT2D eigenvalue weighted by Gasteiger charge is 2.32. The molecule has 132 valence electrons. The first kappa shape index (κ1) is 18.7. The molecule has 2 aromatic heterocycles. The Hall–Kier alpha value is -2.68. The van der Waals surface area contributed by atoms with E-state index in [0.29, 0.717) is 12.3 Å². The van der Waals surface area contributed by atoms with Crippen molar-refractivity contribution >= 4 is 29.3 Å². The molecule has 10 heteroatoms. The first-order valence-corrected chi connectivity index (χ1v) is 7.21.